The molecule has 0 aromatic carbocycles. The Morgan fingerprint density at radius 1 is 1.08 bits per heavy atom. The number of aryl methyl sites for hydroxylation is 2. The van der Waals surface area contributed by atoms with Crippen LogP contribution in [0.4, 0.5) is 5.82 Å². The summed E-state index contributed by atoms with van der Waals surface area (Å²) in [5.41, 5.74) is 1.53. The number of anilines is 1. The van der Waals surface area contributed by atoms with Crippen molar-refractivity contribution in [2.75, 3.05) is 19.4 Å². The highest BCUT2D eigenvalue weighted by atomic mass is 32.1. The van der Waals surface area contributed by atoms with Gasteiger partial charge in [-0.2, -0.15) is 0 Å². The molecule has 0 radical (unpaired) electrons. The minimum Gasteiger partial charge on any atom is -0.394 e. The highest BCUT2D eigenvalue weighted by Crippen LogP contribution is 2.39. The van der Waals surface area contributed by atoms with Crippen LogP contribution in [-0.4, -0.2) is 41.3 Å². The van der Waals surface area contributed by atoms with E-state index in [2.05, 4.69) is 20.6 Å². The third-order valence-electron chi connectivity index (χ3n) is 4.45. The van der Waals surface area contributed by atoms with E-state index >= 15 is 0 Å². The molecule has 0 spiro atoms. The molecule has 3 N–H and O–H groups in total. The maximum Gasteiger partial charge on any atom is 0.138 e. The van der Waals surface area contributed by atoms with Gasteiger partial charge in [-0.3, -0.25) is 0 Å². The predicted molar refractivity (Wildman–Crippen MR) is 112 cm³/mol. The van der Waals surface area contributed by atoms with Crippen molar-refractivity contribution in [3.05, 3.63) is 16.8 Å². The number of rotatable bonds is 2. The molecule has 2 aromatic rings. The zero-order valence-electron chi connectivity index (χ0n) is 16.6. The zero-order valence-corrected chi connectivity index (χ0v) is 17.5. The number of aromatic nitrogens is 2. The normalized spacial score (nSPS) is 16.5. The topological polar surface area (TPSA) is 70.1 Å². The van der Waals surface area contributed by atoms with Crippen LogP contribution in [0.3, 0.4) is 0 Å². The van der Waals surface area contributed by atoms with E-state index in [0.717, 1.165) is 5.82 Å². The van der Waals surface area contributed by atoms with E-state index in [9.17, 15) is 0 Å². The van der Waals surface area contributed by atoms with Crippen molar-refractivity contribution in [2.24, 2.45) is 0 Å². The number of thiophene rings is 1. The average Bonchev–Trinajstić information content (AvgIpc) is 3.17. The molecule has 0 saturated heterocycles. The molecule has 0 atom stereocenters. The molecule has 0 aliphatic heterocycles. The summed E-state index contributed by atoms with van der Waals surface area (Å²) in [4.78, 5) is 11.7. The number of hydrogen-bond acceptors (Lipinski definition) is 6. The fraction of sp³-hybridized carbons (Fsp3) is 0.700. The number of fused-ring (bicyclic) bond motifs is 3. The van der Waals surface area contributed by atoms with E-state index in [1.807, 2.05) is 25.4 Å². The van der Waals surface area contributed by atoms with Gasteiger partial charge in [0.2, 0.25) is 0 Å². The fourth-order valence-corrected chi connectivity index (χ4v) is 4.71. The Morgan fingerprint density at radius 3 is 2.38 bits per heavy atom. The first kappa shape index (κ1) is 21.1. The van der Waals surface area contributed by atoms with Gasteiger partial charge in [0.05, 0.1) is 5.39 Å². The molecule has 2 heterocycles. The standard InChI is InChI=1S/C15H19N3S.C3H8O.C2H7N/c1-2-5-10(6-3-1)18-14-13-11-7-4-8-12(11)19-15(13)17-9-16-14;1-3(2)4;1-3-2/h9-10H,1-8H2,(H,16,17,18);3-4H,1-2H3;3H,1-2H3. The minimum atomic E-state index is -0.167. The van der Waals surface area contributed by atoms with E-state index in [0.29, 0.717) is 6.04 Å². The Hall–Kier alpha value is -1.24. The Bertz CT molecular complexity index is 662. The first-order chi connectivity index (χ1) is 12.6. The molecule has 5 nitrogen and oxygen atoms in total. The lowest BCUT2D eigenvalue weighted by atomic mass is 9.95. The molecule has 4 rings (SSSR count). The summed E-state index contributed by atoms with van der Waals surface area (Å²) in [5, 5.41) is 15.8. The highest BCUT2D eigenvalue weighted by Gasteiger charge is 2.22. The summed E-state index contributed by atoms with van der Waals surface area (Å²) in [6.07, 6.45) is 12.0. The average molecular weight is 379 g/mol. The molecule has 0 bridgehead atoms. The van der Waals surface area contributed by atoms with Crippen molar-refractivity contribution >= 4 is 27.4 Å². The molecule has 0 unspecified atom stereocenters. The second-order valence-corrected chi connectivity index (χ2v) is 8.42. The molecular formula is C20H34N4OS. The Morgan fingerprint density at radius 2 is 1.73 bits per heavy atom. The van der Waals surface area contributed by atoms with Crippen molar-refractivity contribution in [1.82, 2.24) is 15.3 Å². The van der Waals surface area contributed by atoms with Crippen LogP contribution in [0.25, 0.3) is 10.2 Å². The Kier molecular flexibility index (Phi) is 8.75. The zero-order chi connectivity index (χ0) is 18.9. The highest BCUT2D eigenvalue weighted by molar-refractivity contribution is 7.19. The van der Waals surface area contributed by atoms with Gasteiger partial charge in [0, 0.05) is 17.0 Å². The number of nitrogens with zero attached hydrogens (tertiary/aromatic N) is 2. The van der Waals surface area contributed by atoms with E-state index in [-0.39, 0.29) is 6.10 Å². The predicted octanol–water partition coefficient (Wildman–Crippen LogP) is 4.15. The first-order valence-corrected chi connectivity index (χ1v) is 10.7. The number of aliphatic hydroxyl groups is 1. The van der Waals surface area contributed by atoms with Gasteiger partial charge in [0.1, 0.15) is 17.0 Å². The van der Waals surface area contributed by atoms with Gasteiger partial charge in [-0.1, -0.05) is 19.3 Å². The molecule has 2 aliphatic carbocycles. The van der Waals surface area contributed by atoms with Crippen molar-refractivity contribution in [1.29, 1.82) is 0 Å². The molecule has 26 heavy (non-hydrogen) atoms. The third kappa shape index (κ3) is 5.89. The SMILES string of the molecule is CC(C)O.CNC.c1nc(NC2CCCCC2)c2c3c(sc2n1)CCC3. The van der Waals surface area contributed by atoms with Crippen LogP contribution >= 0.6 is 11.3 Å². The van der Waals surface area contributed by atoms with E-state index in [1.165, 1.54) is 67.1 Å². The van der Waals surface area contributed by atoms with Gasteiger partial charge in [0.25, 0.3) is 0 Å². The van der Waals surface area contributed by atoms with Crippen molar-refractivity contribution < 1.29 is 5.11 Å². The van der Waals surface area contributed by atoms with Crippen molar-refractivity contribution in [2.45, 2.75) is 77.4 Å². The summed E-state index contributed by atoms with van der Waals surface area (Å²) in [5.74, 6) is 1.09. The summed E-state index contributed by atoms with van der Waals surface area (Å²) in [7, 11) is 3.75. The fourth-order valence-electron chi connectivity index (χ4n) is 3.48. The largest absolute Gasteiger partial charge is 0.394 e. The lowest BCUT2D eigenvalue weighted by Crippen LogP contribution is -2.23. The molecule has 6 heteroatoms. The lowest BCUT2D eigenvalue weighted by molar-refractivity contribution is 0.216. The lowest BCUT2D eigenvalue weighted by Gasteiger charge is -2.23. The van der Waals surface area contributed by atoms with Gasteiger partial charge in [-0.05, 0) is 65.6 Å². The van der Waals surface area contributed by atoms with E-state index < -0.39 is 0 Å². The van der Waals surface area contributed by atoms with Crippen LogP contribution in [0.1, 0.15) is 62.8 Å². The van der Waals surface area contributed by atoms with Gasteiger partial charge < -0.3 is 15.7 Å². The monoisotopic (exact) mass is 378 g/mol. The first-order valence-electron chi connectivity index (χ1n) is 9.85. The molecule has 2 aliphatic rings. The van der Waals surface area contributed by atoms with Crippen molar-refractivity contribution in [3.8, 4) is 0 Å². The Labute approximate surface area is 161 Å². The quantitative estimate of drug-likeness (QED) is 0.732. The van der Waals surface area contributed by atoms with Crippen LogP contribution in [0.15, 0.2) is 6.33 Å². The van der Waals surface area contributed by atoms with Crippen LogP contribution in [-0.2, 0) is 12.8 Å². The van der Waals surface area contributed by atoms with Gasteiger partial charge in [-0.25, -0.2) is 9.97 Å². The number of nitrogens with one attached hydrogen (secondary N) is 2. The third-order valence-corrected chi connectivity index (χ3v) is 5.65. The van der Waals surface area contributed by atoms with E-state index in [1.54, 1.807) is 25.1 Å². The molecule has 1 fully saturated rings. The maximum absolute atomic E-state index is 8.06. The molecular weight excluding hydrogens is 344 g/mol. The van der Waals surface area contributed by atoms with Crippen molar-refractivity contribution in [3.63, 3.8) is 0 Å². The summed E-state index contributed by atoms with van der Waals surface area (Å²) in [6, 6.07) is 0.615. The maximum atomic E-state index is 8.06. The summed E-state index contributed by atoms with van der Waals surface area (Å²) in [6.45, 7) is 3.44. The molecule has 0 amide bonds. The van der Waals surface area contributed by atoms with Gasteiger partial charge >= 0.3 is 0 Å². The summed E-state index contributed by atoms with van der Waals surface area (Å²) >= 11 is 1.87. The van der Waals surface area contributed by atoms with Crippen LogP contribution in [0.2, 0.25) is 0 Å². The molecule has 2 aromatic heterocycles. The molecule has 1 saturated carbocycles. The number of hydrogen-bond donors (Lipinski definition) is 3. The smallest absolute Gasteiger partial charge is 0.138 e. The van der Waals surface area contributed by atoms with Gasteiger partial charge in [-0.15, -0.1) is 11.3 Å². The van der Waals surface area contributed by atoms with E-state index in [4.69, 9.17) is 5.11 Å². The number of aliphatic hydroxyl groups excluding tert-OH is 1. The van der Waals surface area contributed by atoms with Crippen LogP contribution < -0.4 is 10.6 Å². The Balaban J connectivity index is 0.000000303. The van der Waals surface area contributed by atoms with Crippen LogP contribution in [0.5, 0.6) is 0 Å². The molecule has 146 valence electrons. The minimum absolute atomic E-state index is 0.167. The second-order valence-electron chi connectivity index (χ2n) is 7.33. The van der Waals surface area contributed by atoms with Gasteiger partial charge in [0.15, 0.2) is 0 Å². The van der Waals surface area contributed by atoms with Crippen LogP contribution in [0, 0.1) is 0 Å². The summed E-state index contributed by atoms with van der Waals surface area (Å²) < 4.78 is 0. The second kappa shape index (κ2) is 10.8.